The largest absolute Gasteiger partial charge is 0.465 e. The zero-order valence-electron chi connectivity index (χ0n) is 11.6. The molecule has 1 amide bonds. The Kier molecular flexibility index (Phi) is 3.65. The van der Waals surface area contributed by atoms with Gasteiger partial charge in [0.15, 0.2) is 0 Å². The van der Waals surface area contributed by atoms with Crippen molar-refractivity contribution in [1.29, 1.82) is 0 Å². The lowest BCUT2D eigenvalue weighted by Gasteiger charge is -2.36. The maximum absolute atomic E-state index is 11.5. The molecule has 1 fully saturated rings. The van der Waals surface area contributed by atoms with Crippen LogP contribution in [0.3, 0.4) is 0 Å². The first-order chi connectivity index (χ1) is 8.74. The molecule has 0 saturated heterocycles. The molecule has 0 unspecified atom stereocenters. The number of rotatable bonds is 3. The molecule has 1 aromatic rings. The summed E-state index contributed by atoms with van der Waals surface area (Å²) < 4.78 is 1.05. The number of hydrogen-bond donors (Lipinski definition) is 1. The van der Waals surface area contributed by atoms with Crippen LogP contribution in [0.25, 0.3) is 0 Å². The van der Waals surface area contributed by atoms with Crippen LogP contribution in [0.5, 0.6) is 0 Å². The highest BCUT2D eigenvalue weighted by atomic mass is 79.9. The Hall–Kier alpha value is -1.03. The van der Waals surface area contributed by atoms with Gasteiger partial charge in [-0.05, 0) is 51.3 Å². The average molecular weight is 326 g/mol. The van der Waals surface area contributed by atoms with Crippen molar-refractivity contribution in [3.63, 3.8) is 0 Å². The summed E-state index contributed by atoms with van der Waals surface area (Å²) in [6.07, 6.45) is 1.29. The van der Waals surface area contributed by atoms with Crippen molar-refractivity contribution in [2.24, 2.45) is 0 Å². The van der Waals surface area contributed by atoms with E-state index in [9.17, 15) is 9.90 Å². The molecule has 1 aliphatic carbocycles. The van der Waals surface area contributed by atoms with Gasteiger partial charge >= 0.3 is 6.09 Å². The van der Waals surface area contributed by atoms with Gasteiger partial charge in [-0.2, -0.15) is 0 Å². The van der Waals surface area contributed by atoms with Gasteiger partial charge in [0.25, 0.3) is 0 Å². The molecular weight excluding hydrogens is 306 g/mol. The van der Waals surface area contributed by atoms with E-state index in [2.05, 4.69) is 28.1 Å². The van der Waals surface area contributed by atoms with E-state index in [-0.39, 0.29) is 11.0 Å². The van der Waals surface area contributed by atoms with Gasteiger partial charge in [-0.3, -0.25) is 0 Å². The standard InChI is InChI=1S/C15H20BrNO2/c1-14(2,3)17(13(18)19)10-15(8-9-15)11-4-6-12(16)7-5-11/h4-7H,8-10H2,1-3H3,(H,18,19). The van der Waals surface area contributed by atoms with Crippen molar-refractivity contribution in [2.75, 3.05) is 6.54 Å². The quantitative estimate of drug-likeness (QED) is 0.902. The second kappa shape index (κ2) is 4.82. The molecule has 2 rings (SSSR count). The summed E-state index contributed by atoms with van der Waals surface area (Å²) >= 11 is 3.43. The molecule has 0 aromatic heterocycles. The monoisotopic (exact) mass is 325 g/mol. The van der Waals surface area contributed by atoms with Crippen LogP contribution in [0.4, 0.5) is 4.79 Å². The van der Waals surface area contributed by atoms with Gasteiger partial charge in [0.1, 0.15) is 0 Å². The van der Waals surface area contributed by atoms with Gasteiger partial charge in [-0.15, -0.1) is 0 Å². The SMILES string of the molecule is CC(C)(C)N(CC1(c2ccc(Br)cc2)CC1)C(=O)O. The van der Waals surface area contributed by atoms with Crippen LogP contribution in [-0.2, 0) is 5.41 Å². The molecule has 0 heterocycles. The molecule has 19 heavy (non-hydrogen) atoms. The zero-order valence-corrected chi connectivity index (χ0v) is 13.2. The Morgan fingerprint density at radius 3 is 2.21 bits per heavy atom. The minimum absolute atomic E-state index is 0.0202. The molecule has 1 aliphatic rings. The van der Waals surface area contributed by atoms with Gasteiger partial charge in [0, 0.05) is 22.0 Å². The first-order valence-electron chi connectivity index (χ1n) is 6.51. The summed E-state index contributed by atoms with van der Waals surface area (Å²) in [7, 11) is 0. The van der Waals surface area contributed by atoms with E-state index in [0.717, 1.165) is 17.3 Å². The smallest absolute Gasteiger partial charge is 0.407 e. The molecule has 0 spiro atoms. The van der Waals surface area contributed by atoms with Gasteiger partial charge < -0.3 is 10.0 Å². The molecule has 1 saturated carbocycles. The Labute approximate surface area is 122 Å². The highest BCUT2D eigenvalue weighted by Crippen LogP contribution is 2.49. The minimum Gasteiger partial charge on any atom is -0.465 e. The van der Waals surface area contributed by atoms with Crippen molar-refractivity contribution >= 4 is 22.0 Å². The summed E-state index contributed by atoms with van der Waals surface area (Å²) in [6, 6.07) is 8.24. The Morgan fingerprint density at radius 2 is 1.84 bits per heavy atom. The van der Waals surface area contributed by atoms with Crippen LogP contribution in [-0.4, -0.2) is 28.2 Å². The van der Waals surface area contributed by atoms with E-state index < -0.39 is 6.09 Å². The number of carboxylic acid groups (broad SMARTS) is 1. The van der Waals surface area contributed by atoms with Gasteiger partial charge in [0.2, 0.25) is 0 Å². The lowest BCUT2D eigenvalue weighted by Crippen LogP contribution is -2.48. The van der Waals surface area contributed by atoms with Crippen molar-refractivity contribution in [3.05, 3.63) is 34.3 Å². The van der Waals surface area contributed by atoms with E-state index in [1.54, 1.807) is 4.90 Å². The second-order valence-corrected chi connectivity index (χ2v) is 7.24. The van der Waals surface area contributed by atoms with Gasteiger partial charge in [-0.25, -0.2) is 4.79 Å². The molecule has 1 N–H and O–H groups in total. The van der Waals surface area contributed by atoms with E-state index in [0.29, 0.717) is 6.54 Å². The Morgan fingerprint density at radius 1 is 1.32 bits per heavy atom. The van der Waals surface area contributed by atoms with Gasteiger partial charge in [0.05, 0.1) is 0 Å². The van der Waals surface area contributed by atoms with Crippen molar-refractivity contribution in [1.82, 2.24) is 4.90 Å². The normalized spacial score (nSPS) is 17.1. The third-order valence-electron chi connectivity index (χ3n) is 3.81. The van der Waals surface area contributed by atoms with Crippen LogP contribution >= 0.6 is 15.9 Å². The number of amides is 1. The van der Waals surface area contributed by atoms with Crippen molar-refractivity contribution < 1.29 is 9.90 Å². The summed E-state index contributed by atoms with van der Waals surface area (Å²) in [5.41, 5.74) is 0.898. The zero-order chi connectivity index (χ0) is 14.3. The Balaban J connectivity index is 2.21. The third kappa shape index (κ3) is 3.11. The maximum atomic E-state index is 11.5. The fraction of sp³-hybridized carbons (Fsp3) is 0.533. The van der Waals surface area contributed by atoms with Crippen LogP contribution in [0.2, 0.25) is 0 Å². The Bertz CT molecular complexity index is 472. The topological polar surface area (TPSA) is 40.5 Å². The highest BCUT2D eigenvalue weighted by molar-refractivity contribution is 9.10. The highest BCUT2D eigenvalue weighted by Gasteiger charge is 2.47. The minimum atomic E-state index is -0.837. The molecule has 104 valence electrons. The third-order valence-corrected chi connectivity index (χ3v) is 4.34. The van der Waals surface area contributed by atoms with Crippen LogP contribution < -0.4 is 0 Å². The molecule has 0 radical (unpaired) electrons. The van der Waals surface area contributed by atoms with E-state index >= 15 is 0 Å². The number of nitrogens with zero attached hydrogens (tertiary/aromatic N) is 1. The van der Waals surface area contributed by atoms with Crippen LogP contribution in [0, 0.1) is 0 Å². The van der Waals surface area contributed by atoms with Crippen molar-refractivity contribution in [2.45, 2.75) is 44.6 Å². The molecule has 3 nitrogen and oxygen atoms in total. The molecular formula is C15H20BrNO2. The van der Waals surface area contributed by atoms with Crippen LogP contribution in [0.15, 0.2) is 28.7 Å². The predicted octanol–water partition coefficient (Wildman–Crippen LogP) is 4.26. The van der Waals surface area contributed by atoms with Crippen LogP contribution in [0.1, 0.15) is 39.2 Å². The first kappa shape index (κ1) is 14.4. The molecule has 1 aromatic carbocycles. The molecule has 0 aliphatic heterocycles. The van der Waals surface area contributed by atoms with E-state index in [4.69, 9.17) is 0 Å². The fourth-order valence-electron chi connectivity index (χ4n) is 2.39. The number of hydrogen-bond acceptors (Lipinski definition) is 1. The fourth-order valence-corrected chi connectivity index (χ4v) is 2.65. The van der Waals surface area contributed by atoms with E-state index in [1.807, 2.05) is 32.9 Å². The first-order valence-corrected chi connectivity index (χ1v) is 7.31. The second-order valence-electron chi connectivity index (χ2n) is 6.33. The number of halogens is 1. The maximum Gasteiger partial charge on any atom is 0.407 e. The summed E-state index contributed by atoms with van der Waals surface area (Å²) in [4.78, 5) is 13.0. The van der Waals surface area contributed by atoms with Crippen molar-refractivity contribution in [3.8, 4) is 0 Å². The molecule has 0 atom stereocenters. The molecule has 0 bridgehead atoms. The molecule has 4 heteroatoms. The lowest BCUT2D eigenvalue weighted by molar-refractivity contribution is 0.0934. The summed E-state index contributed by atoms with van der Waals surface area (Å²) in [5.74, 6) is 0. The lowest BCUT2D eigenvalue weighted by atomic mass is 9.93. The van der Waals surface area contributed by atoms with Gasteiger partial charge in [-0.1, -0.05) is 28.1 Å². The van der Waals surface area contributed by atoms with E-state index in [1.165, 1.54) is 5.56 Å². The summed E-state index contributed by atoms with van der Waals surface area (Å²) in [5, 5.41) is 9.41. The average Bonchev–Trinajstić information content (AvgIpc) is 3.06. The predicted molar refractivity (Wildman–Crippen MR) is 79.5 cm³/mol. The summed E-state index contributed by atoms with van der Waals surface area (Å²) in [6.45, 7) is 6.41. The number of carbonyl (C=O) groups is 1. The number of benzene rings is 1.